The number of benzene rings is 2. The maximum Gasteiger partial charge on any atom is 0.320 e. The lowest BCUT2D eigenvalue weighted by Crippen LogP contribution is -2.29. The Labute approximate surface area is 185 Å². The number of amides is 3. The van der Waals surface area contributed by atoms with Crippen molar-refractivity contribution in [1.82, 2.24) is 9.69 Å². The molecule has 0 bridgehead atoms. The fourth-order valence-electron chi connectivity index (χ4n) is 2.53. The number of rotatable bonds is 8. The molecule has 0 radical (unpaired) electrons. The van der Waals surface area contributed by atoms with Crippen molar-refractivity contribution in [3.63, 3.8) is 0 Å². The van der Waals surface area contributed by atoms with Gasteiger partial charge >= 0.3 is 6.03 Å². The van der Waals surface area contributed by atoms with Gasteiger partial charge in [0.15, 0.2) is 11.6 Å². The third-order valence-electron chi connectivity index (χ3n) is 4.11. The number of nitrogens with zero attached hydrogens (tertiary/aromatic N) is 1. The number of hydrogen-bond donors (Lipinski definition) is 3. The third-order valence-corrected chi connectivity index (χ3v) is 6.03. The third kappa shape index (κ3) is 5.92. The van der Waals surface area contributed by atoms with E-state index in [4.69, 9.17) is 10.5 Å². The summed E-state index contributed by atoms with van der Waals surface area (Å²) in [6.45, 7) is -0.0349. The minimum Gasteiger partial charge on any atom is -0.497 e. The molecule has 3 aromatic rings. The number of carbonyl (C=O) groups excluding carboxylic acids is 2. The van der Waals surface area contributed by atoms with Crippen LogP contribution in [0.2, 0.25) is 0 Å². The van der Waals surface area contributed by atoms with Crippen LogP contribution >= 0.6 is 23.3 Å². The molecule has 162 valence electrons. The zero-order chi connectivity index (χ0) is 22.4. The molecule has 1 aromatic heterocycles. The van der Waals surface area contributed by atoms with Crippen molar-refractivity contribution in [2.24, 2.45) is 5.73 Å². The van der Waals surface area contributed by atoms with Crippen molar-refractivity contribution >= 4 is 40.2 Å². The Kier molecular flexibility index (Phi) is 7.42. The SMILES string of the molecule is COc1ccc(CSc2nsc(NC(=O)NCc3ccc(F)c(F)c3)c2C(N)=O)cc1. The van der Waals surface area contributed by atoms with E-state index < -0.39 is 23.6 Å². The van der Waals surface area contributed by atoms with Crippen LogP contribution in [-0.2, 0) is 12.3 Å². The van der Waals surface area contributed by atoms with E-state index in [1.54, 1.807) is 7.11 Å². The molecule has 0 fully saturated rings. The first kappa shape index (κ1) is 22.5. The lowest BCUT2D eigenvalue weighted by Gasteiger charge is -2.08. The lowest BCUT2D eigenvalue weighted by molar-refractivity contribution is 0.0998. The molecule has 4 N–H and O–H groups in total. The standard InChI is InChI=1S/C20H18F2N4O3S2/c1-29-13-5-2-11(3-6-13)10-30-19-16(17(23)27)18(31-26-19)25-20(28)24-9-12-4-7-14(21)15(22)8-12/h2-8H,9-10H2,1H3,(H2,23,27)(H2,24,25,28). The normalized spacial score (nSPS) is 10.5. The second-order valence-corrected chi connectivity index (χ2v) is 7.99. The van der Waals surface area contributed by atoms with Gasteiger partial charge in [0.25, 0.3) is 5.91 Å². The molecule has 0 aliphatic rings. The van der Waals surface area contributed by atoms with Crippen molar-refractivity contribution in [2.45, 2.75) is 17.3 Å². The van der Waals surface area contributed by atoms with Crippen molar-refractivity contribution in [1.29, 1.82) is 0 Å². The Morgan fingerprint density at radius 2 is 1.84 bits per heavy atom. The van der Waals surface area contributed by atoms with Gasteiger partial charge in [-0.05, 0) is 46.9 Å². The van der Waals surface area contributed by atoms with Crippen molar-refractivity contribution in [3.05, 3.63) is 70.8 Å². The first-order valence-corrected chi connectivity index (χ1v) is 10.7. The average Bonchev–Trinajstić information content (AvgIpc) is 3.16. The molecular weight excluding hydrogens is 446 g/mol. The van der Waals surface area contributed by atoms with E-state index in [0.29, 0.717) is 16.3 Å². The van der Waals surface area contributed by atoms with Gasteiger partial charge < -0.3 is 15.8 Å². The number of halogens is 2. The smallest absolute Gasteiger partial charge is 0.320 e. The van der Waals surface area contributed by atoms with Crippen molar-refractivity contribution in [2.75, 3.05) is 12.4 Å². The highest BCUT2D eigenvalue weighted by Gasteiger charge is 2.21. The number of nitrogens with two attached hydrogens (primary N) is 1. The second kappa shape index (κ2) is 10.2. The van der Waals surface area contributed by atoms with Crippen LogP contribution in [0.15, 0.2) is 47.5 Å². The van der Waals surface area contributed by atoms with Crippen molar-refractivity contribution < 1.29 is 23.1 Å². The highest BCUT2D eigenvalue weighted by molar-refractivity contribution is 7.98. The number of nitrogens with one attached hydrogen (secondary N) is 2. The summed E-state index contributed by atoms with van der Waals surface area (Å²) in [4.78, 5) is 24.1. The first-order chi connectivity index (χ1) is 14.9. The highest BCUT2D eigenvalue weighted by Crippen LogP contribution is 2.33. The molecule has 0 unspecified atom stereocenters. The molecule has 0 saturated heterocycles. The minimum absolute atomic E-state index is 0.0349. The predicted molar refractivity (Wildman–Crippen MR) is 115 cm³/mol. The fourth-order valence-corrected chi connectivity index (χ4v) is 4.45. The summed E-state index contributed by atoms with van der Waals surface area (Å²) in [5, 5.41) is 5.64. The van der Waals surface area contributed by atoms with Gasteiger partial charge in [-0.1, -0.05) is 30.0 Å². The Morgan fingerprint density at radius 3 is 2.48 bits per heavy atom. The highest BCUT2D eigenvalue weighted by atomic mass is 32.2. The number of anilines is 1. The molecule has 7 nitrogen and oxygen atoms in total. The maximum absolute atomic E-state index is 13.3. The summed E-state index contributed by atoms with van der Waals surface area (Å²) in [6.07, 6.45) is 0. The summed E-state index contributed by atoms with van der Waals surface area (Å²) < 4.78 is 35.6. The van der Waals surface area contributed by atoms with Crippen LogP contribution in [-0.4, -0.2) is 23.4 Å². The van der Waals surface area contributed by atoms with Gasteiger partial charge in [0, 0.05) is 12.3 Å². The molecule has 0 atom stereocenters. The summed E-state index contributed by atoms with van der Waals surface area (Å²) in [5.74, 6) is -1.42. The van der Waals surface area contributed by atoms with Gasteiger partial charge in [0.05, 0.1) is 7.11 Å². The number of methoxy groups -OCH3 is 1. The molecule has 2 aromatic carbocycles. The fraction of sp³-hybridized carbons (Fsp3) is 0.150. The minimum atomic E-state index is -1.00. The van der Waals surface area contributed by atoms with Gasteiger partial charge in [-0.15, -0.1) is 0 Å². The van der Waals surface area contributed by atoms with Gasteiger partial charge in [0.1, 0.15) is 21.3 Å². The number of urea groups is 1. The van der Waals surface area contributed by atoms with E-state index in [1.165, 1.54) is 17.8 Å². The summed E-state index contributed by atoms with van der Waals surface area (Å²) in [7, 11) is 1.58. The number of hydrogen-bond acceptors (Lipinski definition) is 6. The molecule has 0 aliphatic carbocycles. The van der Waals surface area contributed by atoms with Crippen LogP contribution < -0.4 is 21.1 Å². The van der Waals surface area contributed by atoms with Crippen LogP contribution in [0.25, 0.3) is 0 Å². The molecule has 0 saturated carbocycles. The molecule has 1 heterocycles. The zero-order valence-corrected chi connectivity index (χ0v) is 17.9. The van der Waals surface area contributed by atoms with Crippen molar-refractivity contribution in [3.8, 4) is 5.75 Å². The topological polar surface area (TPSA) is 106 Å². The second-order valence-electron chi connectivity index (χ2n) is 6.25. The van der Waals surface area contributed by atoms with Gasteiger partial charge in [-0.25, -0.2) is 13.6 Å². The van der Waals surface area contributed by atoms with Gasteiger partial charge in [-0.2, -0.15) is 4.37 Å². The molecule has 0 spiro atoms. The predicted octanol–water partition coefficient (Wildman–Crippen LogP) is 4.14. The van der Waals surface area contributed by atoms with E-state index in [-0.39, 0.29) is 17.1 Å². The summed E-state index contributed by atoms with van der Waals surface area (Å²) in [6, 6.07) is 10.1. The largest absolute Gasteiger partial charge is 0.497 e. The van der Waals surface area contributed by atoms with E-state index in [2.05, 4.69) is 15.0 Å². The first-order valence-electron chi connectivity index (χ1n) is 8.91. The molecule has 3 amide bonds. The van der Waals surface area contributed by atoms with E-state index in [0.717, 1.165) is 35.0 Å². The van der Waals surface area contributed by atoms with E-state index in [9.17, 15) is 18.4 Å². The Hall–Kier alpha value is -3.18. The van der Waals surface area contributed by atoms with Crippen LogP contribution in [0.5, 0.6) is 5.75 Å². The average molecular weight is 465 g/mol. The van der Waals surface area contributed by atoms with Crippen LogP contribution in [0.4, 0.5) is 18.6 Å². The van der Waals surface area contributed by atoms with E-state index >= 15 is 0 Å². The summed E-state index contributed by atoms with van der Waals surface area (Å²) >= 11 is 2.24. The number of primary amides is 1. The van der Waals surface area contributed by atoms with Gasteiger partial charge in [0.2, 0.25) is 0 Å². The Balaban J connectivity index is 1.62. The lowest BCUT2D eigenvalue weighted by atomic mass is 10.2. The number of thioether (sulfide) groups is 1. The Morgan fingerprint density at radius 1 is 1.13 bits per heavy atom. The number of aromatic nitrogens is 1. The number of carbonyl (C=O) groups is 2. The zero-order valence-electron chi connectivity index (χ0n) is 16.3. The molecule has 0 aliphatic heterocycles. The van der Waals surface area contributed by atoms with Gasteiger partial charge in [-0.3, -0.25) is 10.1 Å². The molecule has 3 rings (SSSR count). The van der Waals surface area contributed by atoms with Crippen LogP contribution in [0.3, 0.4) is 0 Å². The Bertz CT molecular complexity index is 1090. The molecule has 11 heteroatoms. The van der Waals surface area contributed by atoms with E-state index in [1.807, 2.05) is 24.3 Å². The molecule has 31 heavy (non-hydrogen) atoms. The number of ether oxygens (including phenoxy) is 1. The summed E-state index contributed by atoms with van der Waals surface area (Å²) in [5.41, 5.74) is 6.98. The van der Waals surface area contributed by atoms with Crippen LogP contribution in [0.1, 0.15) is 21.5 Å². The molecular formula is C20H18F2N4O3S2. The quantitative estimate of drug-likeness (QED) is 0.435. The monoisotopic (exact) mass is 464 g/mol. The van der Waals surface area contributed by atoms with Crippen LogP contribution in [0, 0.1) is 11.6 Å². The maximum atomic E-state index is 13.3.